The summed E-state index contributed by atoms with van der Waals surface area (Å²) >= 11 is 11.8. The van der Waals surface area contributed by atoms with Gasteiger partial charge in [-0.1, -0.05) is 41.4 Å². The van der Waals surface area contributed by atoms with Crippen LogP contribution in [0.15, 0.2) is 48.5 Å². The third kappa shape index (κ3) is 5.51. The summed E-state index contributed by atoms with van der Waals surface area (Å²) in [5.41, 5.74) is 1.10. The second-order valence-electron chi connectivity index (χ2n) is 5.27. The van der Waals surface area contributed by atoms with Crippen LogP contribution in [0.3, 0.4) is 0 Å². The molecule has 1 N–H and O–H groups in total. The van der Waals surface area contributed by atoms with E-state index < -0.39 is 18.0 Å². The van der Waals surface area contributed by atoms with Crippen molar-refractivity contribution < 1.29 is 19.1 Å². The van der Waals surface area contributed by atoms with E-state index in [0.717, 1.165) is 5.56 Å². The van der Waals surface area contributed by atoms with Crippen molar-refractivity contribution in [1.29, 1.82) is 0 Å². The minimum Gasteiger partial charge on any atom is -0.496 e. The van der Waals surface area contributed by atoms with Crippen LogP contribution >= 0.6 is 23.2 Å². The smallest absolute Gasteiger partial charge is 0.331 e. The lowest BCUT2D eigenvalue weighted by atomic mass is 10.2. The number of benzene rings is 2. The van der Waals surface area contributed by atoms with Crippen molar-refractivity contribution in [2.75, 3.05) is 12.4 Å². The summed E-state index contributed by atoms with van der Waals surface area (Å²) in [6, 6.07) is 11.9. The topological polar surface area (TPSA) is 64.6 Å². The van der Waals surface area contributed by atoms with E-state index in [1.165, 1.54) is 19.1 Å². The van der Waals surface area contributed by atoms with Crippen LogP contribution in [0.5, 0.6) is 5.75 Å². The average Bonchev–Trinajstić information content (AvgIpc) is 2.62. The van der Waals surface area contributed by atoms with E-state index in [9.17, 15) is 9.59 Å². The van der Waals surface area contributed by atoms with Gasteiger partial charge in [0.05, 0.1) is 17.8 Å². The molecule has 0 aliphatic rings. The first-order valence-corrected chi connectivity index (χ1v) is 8.44. The number of hydrogen-bond donors (Lipinski definition) is 1. The molecule has 0 aromatic heterocycles. The lowest BCUT2D eigenvalue weighted by Crippen LogP contribution is -2.29. The van der Waals surface area contributed by atoms with Gasteiger partial charge in [0.2, 0.25) is 0 Å². The maximum absolute atomic E-state index is 12.1. The van der Waals surface area contributed by atoms with E-state index in [-0.39, 0.29) is 0 Å². The number of para-hydroxylation sites is 1. The summed E-state index contributed by atoms with van der Waals surface area (Å²) in [5.74, 6) is -0.534. The highest BCUT2D eigenvalue weighted by atomic mass is 35.5. The lowest BCUT2D eigenvalue weighted by Gasteiger charge is -2.13. The Bertz CT molecular complexity index is 836. The van der Waals surface area contributed by atoms with Crippen molar-refractivity contribution in [2.24, 2.45) is 0 Å². The van der Waals surface area contributed by atoms with Gasteiger partial charge in [-0.15, -0.1) is 0 Å². The second-order valence-corrected chi connectivity index (χ2v) is 6.11. The average molecular weight is 394 g/mol. The minimum atomic E-state index is -1.00. The molecule has 0 saturated carbocycles. The predicted molar refractivity (Wildman–Crippen MR) is 103 cm³/mol. The lowest BCUT2D eigenvalue weighted by molar-refractivity contribution is -0.148. The van der Waals surface area contributed by atoms with E-state index in [1.54, 1.807) is 37.5 Å². The number of carbonyl (C=O) groups is 2. The zero-order valence-corrected chi connectivity index (χ0v) is 15.7. The molecule has 0 bridgehead atoms. The highest BCUT2D eigenvalue weighted by Crippen LogP contribution is 2.25. The number of amides is 1. The van der Waals surface area contributed by atoms with Gasteiger partial charge in [0.1, 0.15) is 5.75 Å². The van der Waals surface area contributed by atoms with Gasteiger partial charge in [-0.2, -0.15) is 0 Å². The fourth-order valence-corrected chi connectivity index (χ4v) is 2.51. The van der Waals surface area contributed by atoms with Crippen molar-refractivity contribution in [2.45, 2.75) is 13.0 Å². The Hall–Kier alpha value is -2.50. The molecule has 26 heavy (non-hydrogen) atoms. The second kappa shape index (κ2) is 9.27. The third-order valence-electron chi connectivity index (χ3n) is 3.39. The monoisotopic (exact) mass is 393 g/mol. The molecule has 2 aromatic rings. The summed E-state index contributed by atoms with van der Waals surface area (Å²) in [7, 11) is 1.54. The Kier molecular flexibility index (Phi) is 7.06. The summed E-state index contributed by atoms with van der Waals surface area (Å²) < 4.78 is 10.3. The Morgan fingerprint density at radius 2 is 1.88 bits per heavy atom. The molecule has 0 spiro atoms. The summed E-state index contributed by atoms with van der Waals surface area (Å²) in [6.07, 6.45) is 1.79. The number of nitrogens with one attached hydrogen (secondary N) is 1. The number of carbonyl (C=O) groups excluding carboxylic acids is 2. The zero-order chi connectivity index (χ0) is 19.1. The quantitative estimate of drug-likeness (QED) is 0.575. The maximum Gasteiger partial charge on any atom is 0.331 e. The van der Waals surface area contributed by atoms with Crippen molar-refractivity contribution >= 4 is 46.8 Å². The molecular weight excluding hydrogens is 377 g/mol. The van der Waals surface area contributed by atoms with Crippen LogP contribution < -0.4 is 10.1 Å². The molecule has 7 heteroatoms. The number of methoxy groups -OCH3 is 1. The Balaban J connectivity index is 1.95. The van der Waals surface area contributed by atoms with Gasteiger partial charge in [0.25, 0.3) is 5.91 Å². The molecule has 2 aromatic carbocycles. The highest BCUT2D eigenvalue weighted by Gasteiger charge is 2.17. The molecule has 0 saturated heterocycles. The van der Waals surface area contributed by atoms with Gasteiger partial charge < -0.3 is 14.8 Å². The first kappa shape index (κ1) is 19.8. The number of halogens is 2. The fraction of sp³-hybridized carbons (Fsp3) is 0.158. The molecule has 0 aliphatic heterocycles. The first-order chi connectivity index (χ1) is 12.4. The van der Waals surface area contributed by atoms with Crippen LogP contribution in [0.25, 0.3) is 6.08 Å². The summed E-state index contributed by atoms with van der Waals surface area (Å²) in [4.78, 5) is 24.1. The van der Waals surface area contributed by atoms with Crippen molar-refractivity contribution in [3.63, 3.8) is 0 Å². The SMILES string of the molecule is COc1ccccc1/C=C/C(=O)OC(C)C(=O)Nc1ccc(Cl)cc1Cl. The van der Waals surface area contributed by atoms with Gasteiger partial charge in [-0.3, -0.25) is 4.79 Å². The molecule has 0 aliphatic carbocycles. The third-order valence-corrected chi connectivity index (χ3v) is 3.94. The fourth-order valence-electron chi connectivity index (χ4n) is 2.05. The van der Waals surface area contributed by atoms with Crippen molar-refractivity contribution in [1.82, 2.24) is 0 Å². The minimum absolute atomic E-state index is 0.292. The van der Waals surface area contributed by atoms with Gasteiger partial charge in [0, 0.05) is 16.7 Å². The van der Waals surface area contributed by atoms with Gasteiger partial charge in [-0.05, 0) is 37.3 Å². The Labute approximate surface area is 161 Å². The summed E-state index contributed by atoms with van der Waals surface area (Å²) in [5, 5.41) is 3.33. The normalized spacial score (nSPS) is 11.8. The van der Waals surface area contributed by atoms with E-state index in [4.69, 9.17) is 32.7 Å². The predicted octanol–water partition coefficient (Wildman–Crippen LogP) is 4.59. The molecule has 0 fully saturated rings. The molecule has 5 nitrogen and oxygen atoms in total. The largest absolute Gasteiger partial charge is 0.496 e. The zero-order valence-electron chi connectivity index (χ0n) is 14.2. The van der Waals surface area contributed by atoms with Crippen LogP contribution in [-0.2, 0) is 14.3 Å². The molecule has 0 heterocycles. The Morgan fingerprint density at radius 3 is 2.58 bits per heavy atom. The van der Waals surface area contributed by atoms with Crippen LogP contribution in [-0.4, -0.2) is 25.1 Å². The van der Waals surface area contributed by atoms with E-state index >= 15 is 0 Å². The van der Waals surface area contributed by atoms with Crippen LogP contribution in [0.1, 0.15) is 12.5 Å². The van der Waals surface area contributed by atoms with E-state index in [2.05, 4.69) is 5.32 Å². The van der Waals surface area contributed by atoms with Crippen molar-refractivity contribution in [3.8, 4) is 5.75 Å². The number of esters is 1. The van der Waals surface area contributed by atoms with E-state index in [1.807, 2.05) is 12.1 Å². The standard InChI is InChI=1S/C19H17Cl2NO4/c1-12(19(24)22-16-9-8-14(20)11-15(16)21)26-18(23)10-7-13-5-3-4-6-17(13)25-2/h3-12H,1-2H3,(H,22,24)/b10-7+. The van der Waals surface area contributed by atoms with Crippen LogP contribution in [0, 0.1) is 0 Å². The first-order valence-electron chi connectivity index (χ1n) is 7.68. The van der Waals surface area contributed by atoms with Crippen LogP contribution in [0.2, 0.25) is 10.0 Å². The molecule has 0 radical (unpaired) electrons. The number of rotatable bonds is 6. The number of hydrogen-bond acceptors (Lipinski definition) is 4. The van der Waals surface area contributed by atoms with Gasteiger partial charge in [0.15, 0.2) is 6.10 Å². The maximum atomic E-state index is 12.1. The molecule has 1 unspecified atom stereocenters. The van der Waals surface area contributed by atoms with Gasteiger partial charge in [-0.25, -0.2) is 4.79 Å². The van der Waals surface area contributed by atoms with Gasteiger partial charge >= 0.3 is 5.97 Å². The Morgan fingerprint density at radius 1 is 1.15 bits per heavy atom. The molecule has 2 rings (SSSR count). The van der Waals surface area contributed by atoms with E-state index in [0.29, 0.717) is 21.5 Å². The molecule has 136 valence electrons. The highest BCUT2D eigenvalue weighted by molar-refractivity contribution is 6.36. The van der Waals surface area contributed by atoms with Crippen molar-refractivity contribution in [3.05, 3.63) is 64.1 Å². The number of anilines is 1. The molecular formula is C19H17Cl2NO4. The van der Waals surface area contributed by atoms with Crippen LogP contribution in [0.4, 0.5) is 5.69 Å². The number of ether oxygens (including phenoxy) is 2. The summed E-state index contributed by atoms with van der Waals surface area (Å²) in [6.45, 7) is 1.47. The molecule has 1 atom stereocenters. The molecule has 1 amide bonds.